The van der Waals surface area contributed by atoms with Gasteiger partial charge in [-0.25, -0.2) is 4.98 Å². The number of aromatic nitrogens is 2. The predicted octanol–water partition coefficient (Wildman–Crippen LogP) is 3.28. The molecule has 2 bridgehead atoms. The van der Waals surface area contributed by atoms with Crippen molar-refractivity contribution >= 4 is 23.4 Å². The molecule has 2 fully saturated rings. The molecule has 1 aromatic heterocycles. The van der Waals surface area contributed by atoms with Crippen LogP contribution < -0.4 is 10.2 Å². The average Bonchev–Trinajstić information content (AvgIpc) is 3.46. The molecule has 1 N–H and O–H groups in total. The molecule has 1 saturated heterocycles. The molecule has 3 aliphatic rings. The number of hydrogen-bond acceptors (Lipinski definition) is 5. The Balaban J connectivity index is 1.59. The second kappa shape index (κ2) is 6.22. The van der Waals surface area contributed by atoms with E-state index in [2.05, 4.69) is 10.2 Å². The van der Waals surface area contributed by atoms with Crippen LogP contribution in [0.5, 0.6) is 0 Å². The van der Waals surface area contributed by atoms with E-state index in [1.165, 1.54) is 0 Å². The molecule has 0 radical (unpaired) electrons. The first-order valence-corrected chi connectivity index (χ1v) is 9.84. The second-order valence-electron chi connectivity index (χ2n) is 8.09. The van der Waals surface area contributed by atoms with Crippen molar-refractivity contribution in [3.63, 3.8) is 0 Å². The number of fused-ring (bicyclic) bond motifs is 4. The SMILES string of the molecule is CN(C)c1nc2c(c(Nc3ccccc3)n1)[C@H]1CC[C@H](C2)N1C(=O)C1CC1. The maximum absolute atomic E-state index is 12.9. The van der Waals surface area contributed by atoms with Gasteiger partial charge in [0, 0.05) is 43.7 Å². The molecule has 3 heterocycles. The van der Waals surface area contributed by atoms with Gasteiger partial charge in [0.25, 0.3) is 0 Å². The van der Waals surface area contributed by atoms with Gasteiger partial charge in [0.1, 0.15) is 5.82 Å². The van der Waals surface area contributed by atoms with E-state index < -0.39 is 0 Å². The zero-order chi connectivity index (χ0) is 18.5. The van der Waals surface area contributed by atoms with E-state index in [0.29, 0.717) is 17.9 Å². The van der Waals surface area contributed by atoms with Crippen molar-refractivity contribution in [3.8, 4) is 0 Å². The number of amides is 1. The second-order valence-corrected chi connectivity index (χ2v) is 8.09. The first kappa shape index (κ1) is 16.5. The van der Waals surface area contributed by atoms with Crippen molar-refractivity contribution in [1.82, 2.24) is 14.9 Å². The Hall–Kier alpha value is -2.63. The smallest absolute Gasteiger partial charge is 0.227 e. The fourth-order valence-corrected chi connectivity index (χ4v) is 4.43. The molecule has 5 rings (SSSR count). The third-order valence-electron chi connectivity index (χ3n) is 5.90. The molecular weight excluding hydrogens is 338 g/mol. The largest absolute Gasteiger partial charge is 0.347 e. The first-order valence-electron chi connectivity index (χ1n) is 9.84. The predicted molar refractivity (Wildman–Crippen MR) is 105 cm³/mol. The quantitative estimate of drug-likeness (QED) is 0.903. The van der Waals surface area contributed by atoms with Crippen molar-refractivity contribution < 1.29 is 4.79 Å². The van der Waals surface area contributed by atoms with Gasteiger partial charge in [0.15, 0.2) is 0 Å². The van der Waals surface area contributed by atoms with Crippen LogP contribution in [0.15, 0.2) is 30.3 Å². The summed E-state index contributed by atoms with van der Waals surface area (Å²) in [5.74, 6) is 2.15. The van der Waals surface area contributed by atoms with Crippen molar-refractivity contribution in [2.24, 2.45) is 5.92 Å². The molecule has 1 aromatic carbocycles. The fourth-order valence-electron chi connectivity index (χ4n) is 4.43. The van der Waals surface area contributed by atoms with E-state index in [1.54, 1.807) is 0 Å². The Kier molecular flexibility index (Phi) is 3.81. The molecule has 1 aliphatic carbocycles. The van der Waals surface area contributed by atoms with Crippen LogP contribution in [0.1, 0.15) is 43.0 Å². The molecular formula is C21H25N5O. The molecule has 2 aromatic rings. The van der Waals surface area contributed by atoms with Crippen LogP contribution in [0.25, 0.3) is 0 Å². The highest BCUT2D eigenvalue weighted by Gasteiger charge is 2.48. The van der Waals surface area contributed by atoms with Crippen LogP contribution in [0.4, 0.5) is 17.5 Å². The van der Waals surface area contributed by atoms with E-state index in [4.69, 9.17) is 9.97 Å². The Morgan fingerprint density at radius 2 is 1.89 bits per heavy atom. The van der Waals surface area contributed by atoms with E-state index in [1.807, 2.05) is 49.3 Å². The minimum atomic E-state index is 0.106. The van der Waals surface area contributed by atoms with Crippen LogP contribution >= 0.6 is 0 Å². The lowest BCUT2D eigenvalue weighted by molar-refractivity contribution is -0.136. The minimum absolute atomic E-state index is 0.106. The normalized spacial score (nSPS) is 23.1. The summed E-state index contributed by atoms with van der Waals surface area (Å²) < 4.78 is 0. The minimum Gasteiger partial charge on any atom is -0.347 e. The third kappa shape index (κ3) is 2.83. The highest BCUT2D eigenvalue weighted by molar-refractivity contribution is 5.83. The van der Waals surface area contributed by atoms with Gasteiger partial charge in [-0.15, -0.1) is 0 Å². The summed E-state index contributed by atoms with van der Waals surface area (Å²) in [5.41, 5.74) is 3.22. The number of hydrogen-bond donors (Lipinski definition) is 1. The monoisotopic (exact) mass is 363 g/mol. The van der Waals surface area contributed by atoms with Crippen LogP contribution in [0.2, 0.25) is 0 Å². The molecule has 27 heavy (non-hydrogen) atoms. The zero-order valence-corrected chi connectivity index (χ0v) is 15.9. The number of benzene rings is 1. The molecule has 1 amide bonds. The summed E-state index contributed by atoms with van der Waals surface area (Å²) >= 11 is 0. The lowest BCUT2D eigenvalue weighted by Crippen LogP contribution is -2.43. The molecule has 140 valence electrons. The maximum atomic E-state index is 12.9. The van der Waals surface area contributed by atoms with Gasteiger partial charge in [0.2, 0.25) is 11.9 Å². The molecule has 1 saturated carbocycles. The van der Waals surface area contributed by atoms with Crippen LogP contribution in [0, 0.1) is 5.92 Å². The Morgan fingerprint density at radius 3 is 2.59 bits per heavy atom. The van der Waals surface area contributed by atoms with Gasteiger partial charge in [-0.1, -0.05) is 18.2 Å². The van der Waals surface area contributed by atoms with Gasteiger partial charge in [-0.2, -0.15) is 4.98 Å². The molecule has 6 heteroatoms. The number of anilines is 3. The van der Waals surface area contributed by atoms with Crippen LogP contribution in [-0.2, 0) is 11.2 Å². The summed E-state index contributed by atoms with van der Waals surface area (Å²) in [6.45, 7) is 0. The Morgan fingerprint density at radius 1 is 1.11 bits per heavy atom. The summed E-state index contributed by atoms with van der Waals surface area (Å²) in [6.07, 6.45) is 4.99. The van der Waals surface area contributed by atoms with E-state index in [9.17, 15) is 4.79 Å². The summed E-state index contributed by atoms with van der Waals surface area (Å²) in [7, 11) is 3.93. The summed E-state index contributed by atoms with van der Waals surface area (Å²) in [4.78, 5) is 26.7. The topological polar surface area (TPSA) is 61.4 Å². The lowest BCUT2D eigenvalue weighted by atomic mass is 9.97. The fraction of sp³-hybridized carbons (Fsp3) is 0.476. The van der Waals surface area contributed by atoms with E-state index in [0.717, 1.165) is 54.9 Å². The van der Waals surface area contributed by atoms with E-state index in [-0.39, 0.29) is 12.0 Å². The number of carbonyl (C=O) groups is 1. The zero-order valence-electron chi connectivity index (χ0n) is 15.9. The lowest BCUT2D eigenvalue weighted by Gasteiger charge is -2.37. The van der Waals surface area contributed by atoms with Gasteiger partial charge >= 0.3 is 0 Å². The number of rotatable bonds is 4. The van der Waals surface area contributed by atoms with Gasteiger partial charge in [-0.3, -0.25) is 4.79 Å². The average molecular weight is 363 g/mol. The standard InChI is InChI=1S/C21H25N5O/c1-25(2)21-23-16-12-15-10-11-17(26(15)20(27)13-8-9-13)18(16)19(24-21)22-14-6-4-3-5-7-14/h3-7,13,15,17H,8-12H2,1-2H3,(H,22,23,24)/t15-,17-/m1/s1. The van der Waals surface area contributed by atoms with Crippen molar-refractivity contribution in [3.05, 3.63) is 41.6 Å². The van der Waals surface area contributed by atoms with Crippen molar-refractivity contribution in [2.75, 3.05) is 24.3 Å². The van der Waals surface area contributed by atoms with E-state index >= 15 is 0 Å². The van der Waals surface area contributed by atoms with Gasteiger partial charge in [0.05, 0.1) is 11.7 Å². The number of nitrogens with one attached hydrogen (secondary N) is 1. The number of para-hydroxylation sites is 1. The van der Waals surface area contributed by atoms with Gasteiger partial charge < -0.3 is 15.1 Å². The molecule has 0 spiro atoms. The highest BCUT2D eigenvalue weighted by atomic mass is 16.2. The molecule has 2 atom stereocenters. The van der Waals surface area contributed by atoms with Crippen molar-refractivity contribution in [2.45, 2.75) is 44.2 Å². The summed E-state index contributed by atoms with van der Waals surface area (Å²) in [5, 5.41) is 3.50. The molecule has 2 aliphatic heterocycles. The molecule has 6 nitrogen and oxygen atoms in total. The van der Waals surface area contributed by atoms with Gasteiger partial charge in [-0.05, 0) is 37.8 Å². The third-order valence-corrected chi connectivity index (χ3v) is 5.90. The Bertz CT molecular complexity index is 878. The number of carbonyl (C=O) groups excluding carboxylic acids is 1. The molecule has 0 unspecified atom stereocenters. The van der Waals surface area contributed by atoms with Crippen LogP contribution in [-0.4, -0.2) is 40.9 Å². The van der Waals surface area contributed by atoms with Crippen LogP contribution in [0.3, 0.4) is 0 Å². The summed E-state index contributed by atoms with van der Waals surface area (Å²) in [6, 6.07) is 10.5. The van der Waals surface area contributed by atoms with Crippen molar-refractivity contribution in [1.29, 1.82) is 0 Å². The first-order chi connectivity index (χ1) is 13.1. The maximum Gasteiger partial charge on any atom is 0.227 e. The Labute approximate surface area is 159 Å². The number of nitrogens with zero attached hydrogens (tertiary/aromatic N) is 4. The highest BCUT2D eigenvalue weighted by Crippen LogP contribution is 2.48.